The fourth-order valence-corrected chi connectivity index (χ4v) is 3.24. The molecule has 4 aromatic rings. The van der Waals surface area contributed by atoms with Crippen molar-refractivity contribution in [3.05, 3.63) is 64.8 Å². The number of H-pyrrole nitrogens is 1. The summed E-state index contributed by atoms with van der Waals surface area (Å²) in [6.07, 6.45) is 1.58. The molecule has 0 atom stereocenters. The van der Waals surface area contributed by atoms with Gasteiger partial charge in [0.1, 0.15) is 12.1 Å². The summed E-state index contributed by atoms with van der Waals surface area (Å²) in [5, 5.41) is 0.929. The highest BCUT2D eigenvalue weighted by molar-refractivity contribution is 5.98. The Balaban J connectivity index is 0.00000196. The van der Waals surface area contributed by atoms with Gasteiger partial charge in [-0.3, -0.25) is 4.57 Å². The van der Waals surface area contributed by atoms with Crippen LogP contribution in [0.4, 0.5) is 5.82 Å². The van der Waals surface area contributed by atoms with Crippen molar-refractivity contribution < 1.29 is 0 Å². The predicted octanol–water partition coefficient (Wildman–Crippen LogP) is 3.35. The number of hydrogen-bond acceptors (Lipinski definition) is 4. The van der Waals surface area contributed by atoms with Crippen LogP contribution in [0.5, 0.6) is 0 Å². The Morgan fingerprint density at radius 3 is 2.65 bits per heavy atom. The Morgan fingerprint density at radius 1 is 1.15 bits per heavy atom. The minimum absolute atomic E-state index is 0. The van der Waals surface area contributed by atoms with Gasteiger partial charge < -0.3 is 9.88 Å². The van der Waals surface area contributed by atoms with E-state index in [0.717, 1.165) is 34.3 Å². The number of aryl methyl sites for hydroxylation is 1. The molecule has 2 heterocycles. The van der Waals surface area contributed by atoms with E-state index in [9.17, 15) is 4.79 Å². The van der Waals surface area contributed by atoms with E-state index in [0.29, 0.717) is 6.54 Å². The van der Waals surface area contributed by atoms with Gasteiger partial charge in [0.2, 0.25) is 0 Å². The Bertz CT molecular complexity index is 1100. The van der Waals surface area contributed by atoms with Crippen LogP contribution in [0.2, 0.25) is 0 Å². The maximum atomic E-state index is 12.1. The van der Waals surface area contributed by atoms with Crippen molar-refractivity contribution in [1.82, 2.24) is 19.5 Å². The van der Waals surface area contributed by atoms with E-state index in [1.54, 1.807) is 10.9 Å². The number of imidazole rings is 1. The molecule has 0 radical (unpaired) electrons. The van der Waals surface area contributed by atoms with Gasteiger partial charge in [0.25, 0.3) is 0 Å². The molecule has 2 aromatic carbocycles. The molecule has 4 rings (SSSR count). The number of rotatable bonds is 4. The lowest BCUT2D eigenvalue weighted by molar-refractivity contribution is 0.753. The van der Waals surface area contributed by atoms with Crippen LogP contribution in [0.3, 0.4) is 0 Å². The third kappa shape index (κ3) is 3.04. The molecular formula is C19H20ClN5O. The minimum Gasteiger partial charge on any atom is -0.355 e. The Hall–Kier alpha value is -2.86. The molecule has 6 nitrogen and oxygen atoms in total. The fraction of sp³-hybridized carbons (Fsp3) is 0.211. The second kappa shape index (κ2) is 7.17. The topological polar surface area (TPSA) is 66.8 Å². The molecule has 0 amide bonds. The zero-order chi connectivity index (χ0) is 17.4. The van der Waals surface area contributed by atoms with Gasteiger partial charge in [-0.2, -0.15) is 0 Å². The molecule has 0 saturated heterocycles. The van der Waals surface area contributed by atoms with Gasteiger partial charge in [-0.15, -0.1) is 12.4 Å². The number of benzene rings is 2. The second-order valence-corrected chi connectivity index (χ2v) is 6.10. The van der Waals surface area contributed by atoms with Crippen LogP contribution in [-0.2, 0) is 13.1 Å². The fourth-order valence-electron chi connectivity index (χ4n) is 3.24. The predicted molar refractivity (Wildman–Crippen MR) is 107 cm³/mol. The highest BCUT2D eigenvalue weighted by atomic mass is 35.5. The highest BCUT2D eigenvalue weighted by Gasteiger charge is 2.13. The van der Waals surface area contributed by atoms with Crippen molar-refractivity contribution >= 4 is 40.2 Å². The van der Waals surface area contributed by atoms with Crippen LogP contribution in [0.25, 0.3) is 21.9 Å². The van der Waals surface area contributed by atoms with E-state index < -0.39 is 0 Å². The molecule has 7 heteroatoms. The maximum absolute atomic E-state index is 12.1. The zero-order valence-electron chi connectivity index (χ0n) is 14.6. The number of hydrogen-bond donors (Lipinski definition) is 1. The third-order valence-electron chi connectivity index (χ3n) is 4.45. The van der Waals surface area contributed by atoms with Crippen molar-refractivity contribution in [2.45, 2.75) is 20.0 Å². The van der Waals surface area contributed by atoms with Crippen LogP contribution in [0.1, 0.15) is 12.5 Å². The normalized spacial score (nSPS) is 10.8. The summed E-state index contributed by atoms with van der Waals surface area (Å²) >= 11 is 0. The van der Waals surface area contributed by atoms with Crippen molar-refractivity contribution in [1.29, 1.82) is 0 Å². The largest absolute Gasteiger partial charge is 0.355 e. The number of nitrogens with zero attached hydrogens (tertiary/aromatic N) is 4. The van der Waals surface area contributed by atoms with Gasteiger partial charge in [-0.1, -0.05) is 30.3 Å². The average molecular weight is 370 g/mol. The first-order valence-corrected chi connectivity index (χ1v) is 8.29. The Morgan fingerprint density at radius 2 is 1.92 bits per heavy atom. The first kappa shape index (κ1) is 17.9. The van der Waals surface area contributed by atoms with Gasteiger partial charge in [0.15, 0.2) is 0 Å². The summed E-state index contributed by atoms with van der Waals surface area (Å²) in [4.78, 5) is 26.0. The van der Waals surface area contributed by atoms with Crippen molar-refractivity contribution in [3.8, 4) is 0 Å². The quantitative estimate of drug-likeness (QED) is 0.599. The molecule has 26 heavy (non-hydrogen) atoms. The number of fused-ring (bicyclic) bond motifs is 2. The first-order valence-electron chi connectivity index (χ1n) is 8.29. The third-order valence-corrected chi connectivity index (χ3v) is 4.45. The Kier molecular flexibility index (Phi) is 4.95. The lowest BCUT2D eigenvalue weighted by Gasteiger charge is -2.19. The molecule has 0 aliphatic heterocycles. The molecule has 2 aromatic heterocycles. The number of aromatic nitrogens is 4. The first-order chi connectivity index (χ1) is 12.2. The number of nitrogens with one attached hydrogen (secondary N) is 1. The lowest BCUT2D eigenvalue weighted by Crippen LogP contribution is -2.18. The van der Waals surface area contributed by atoms with Crippen LogP contribution in [0, 0.1) is 0 Å². The van der Waals surface area contributed by atoms with E-state index in [2.05, 4.69) is 32.0 Å². The van der Waals surface area contributed by atoms with E-state index in [1.165, 1.54) is 5.56 Å². The summed E-state index contributed by atoms with van der Waals surface area (Å²) in [5.74, 6) is 0.848. The van der Waals surface area contributed by atoms with Gasteiger partial charge in [0, 0.05) is 25.5 Å². The summed E-state index contributed by atoms with van der Waals surface area (Å²) in [5.41, 5.74) is 3.63. The SMILES string of the molecule is CCn1c(=O)[nH]c2cc3c(N(C)Cc4ccccc4)ncnc3cc21.Cl. The van der Waals surface area contributed by atoms with Crippen LogP contribution >= 0.6 is 12.4 Å². The van der Waals surface area contributed by atoms with Crippen molar-refractivity contribution in [3.63, 3.8) is 0 Å². The second-order valence-electron chi connectivity index (χ2n) is 6.10. The van der Waals surface area contributed by atoms with Gasteiger partial charge in [0.05, 0.1) is 16.6 Å². The van der Waals surface area contributed by atoms with Gasteiger partial charge in [-0.25, -0.2) is 14.8 Å². The van der Waals surface area contributed by atoms with Crippen LogP contribution < -0.4 is 10.6 Å². The zero-order valence-corrected chi connectivity index (χ0v) is 15.5. The lowest BCUT2D eigenvalue weighted by atomic mass is 10.1. The van der Waals surface area contributed by atoms with E-state index in [-0.39, 0.29) is 18.1 Å². The van der Waals surface area contributed by atoms with Gasteiger partial charge in [-0.05, 0) is 24.6 Å². The monoisotopic (exact) mass is 369 g/mol. The summed E-state index contributed by atoms with van der Waals surface area (Å²) < 4.78 is 1.71. The summed E-state index contributed by atoms with van der Waals surface area (Å²) in [6.45, 7) is 3.32. The van der Waals surface area contributed by atoms with Crippen molar-refractivity contribution in [2.75, 3.05) is 11.9 Å². The van der Waals surface area contributed by atoms with E-state index in [4.69, 9.17) is 0 Å². The number of aromatic amines is 1. The van der Waals surface area contributed by atoms with E-state index in [1.807, 2.05) is 44.3 Å². The molecule has 134 valence electrons. The molecule has 0 aliphatic rings. The Labute approximate surface area is 156 Å². The van der Waals surface area contributed by atoms with Crippen LogP contribution in [-0.4, -0.2) is 26.6 Å². The molecule has 1 N–H and O–H groups in total. The summed E-state index contributed by atoms with van der Waals surface area (Å²) in [7, 11) is 2.01. The van der Waals surface area contributed by atoms with Gasteiger partial charge >= 0.3 is 5.69 Å². The summed E-state index contributed by atoms with van der Waals surface area (Å²) in [6, 6.07) is 14.2. The molecule has 0 fully saturated rings. The minimum atomic E-state index is -0.0973. The number of anilines is 1. The molecule has 0 saturated carbocycles. The molecule has 0 aliphatic carbocycles. The molecule has 0 bridgehead atoms. The molecule has 0 unspecified atom stereocenters. The van der Waals surface area contributed by atoms with Crippen molar-refractivity contribution in [2.24, 2.45) is 0 Å². The molecule has 0 spiro atoms. The van der Waals surface area contributed by atoms with Crippen LogP contribution in [0.15, 0.2) is 53.6 Å². The highest BCUT2D eigenvalue weighted by Crippen LogP contribution is 2.27. The van der Waals surface area contributed by atoms with E-state index >= 15 is 0 Å². The molecular weight excluding hydrogens is 350 g/mol. The average Bonchev–Trinajstić information content (AvgIpc) is 2.94. The number of halogens is 1. The maximum Gasteiger partial charge on any atom is 0.326 e. The standard InChI is InChI=1S/C19H19N5O.ClH/c1-3-24-17-10-15-14(9-16(17)22-19(24)25)18(21-12-20-15)23(2)11-13-7-5-4-6-8-13;/h4-10,12H,3,11H2,1-2H3,(H,22,25);1H. The smallest absolute Gasteiger partial charge is 0.326 e.